The molecule has 2 aromatic rings. The Morgan fingerprint density at radius 3 is 2.58 bits per heavy atom. The van der Waals surface area contributed by atoms with Crippen molar-refractivity contribution in [3.8, 4) is 0 Å². The predicted octanol–water partition coefficient (Wildman–Crippen LogP) is 2.85. The molecule has 2 amide bonds. The van der Waals surface area contributed by atoms with Crippen LogP contribution in [0.4, 0.5) is 4.79 Å². The van der Waals surface area contributed by atoms with Gasteiger partial charge in [-0.2, -0.15) is 4.98 Å². The summed E-state index contributed by atoms with van der Waals surface area (Å²) in [6.07, 6.45) is 2.51. The Morgan fingerprint density at radius 1 is 1.13 bits per heavy atom. The highest BCUT2D eigenvalue weighted by molar-refractivity contribution is 5.75. The predicted molar refractivity (Wildman–Crippen MR) is 115 cm³/mol. The van der Waals surface area contributed by atoms with Crippen molar-refractivity contribution in [3.05, 3.63) is 47.1 Å². The maximum Gasteiger partial charge on any atom is 0.320 e. The first-order valence-corrected chi connectivity index (χ1v) is 11.2. The minimum atomic E-state index is 0.0124. The molecule has 8 nitrogen and oxygen atoms in total. The fourth-order valence-electron chi connectivity index (χ4n) is 4.38. The molecule has 2 atom stereocenters. The van der Waals surface area contributed by atoms with Crippen LogP contribution in [-0.4, -0.2) is 79.1 Å². The number of carbonyl (C=O) groups is 1. The van der Waals surface area contributed by atoms with Crippen LogP contribution in [0.2, 0.25) is 0 Å². The highest BCUT2D eigenvalue weighted by Crippen LogP contribution is 2.36. The third-order valence-corrected chi connectivity index (χ3v) is 6.22. The molecule has 0 bridgehead atoms. The van der Waals surface area contributed by atoms with Crippen molar-refractivity contribution in [1.29, 1.82) is 0 Å². The molecule has 0 saturated carbocycles. The largest absolute Gasteiger partial charge is 0.384 e. The minimum Gasteiger partial charge on any atom is -0.384 e. The number of hydrogen-bond acceptors (Lipinski definition) is 6. The zero-order chi connectivity index (χ0) is 21.6. The van der Waals surface area contributed by atoms with Crippen molar-refractivity contribution < 1.29 is 18.8 Å². The van der Waals surface area contributed by atoms with E-state index in [0.717, 1.165) is 12.8 Å². The van der Waals surface area contributed by atoms with E-state index in [1.54, 1.807) is 7.11 Å². The number of nitrogens with zero attached hydrogens (tertiary/aromatic N) is 4. The van der Waals surface area contributed by atoms with Gasteiger partial charge in [-0.05, 0) is 24.0 Å². The van der Waals surface area contributed by atoms with Crippen molar-refractivity contribution in [2.45, 2.75) is 38.0 Å². The second-order valence-corrected chi connectivity index (χ2v) is 8.30. The molecule has 0 radical (unpaired) electrons. The van der Waals surface area contributed by atoms with E-state index in [1.165, 1.54) is 11.1 Å². The summed E-state index contributed by atoms with van der Waals surface area (Å²) in [6.45, 7) is 6.46. The Labute approximate surface area is 183 Å². The zero-order valence-corrected chi connectivity index (χ0v) is 18.5. The van der Waals surface area contributed by atoms with Gasteiger partial charge < -0.3 is 23.8 Å². The van der Waals surface area contributed by atoms with Crippen LogP contribution in [0.1, 0.15) is 48.0 Å². The number of hydrogen-bond donors (Lipinski definition) is 0. The number of aryl methyl sites for hydroxylation is 1. The molecule has 2 saturated heterocycles. The second kappa shape index (κ2) is 10.2. The van der Waals surface area contributed by atoms with E-state index in [0.29, 0.717) is 64.1 Å². The molecular formula is C23H32N4O4. The second-order valence-electron chi connectivity index (χ2n) is 8.30. The molecule has 2 aliphatic rings. The molecule has 3 heterocycles. The van der Waals surface area contributed by atoms with Crippen molar-refractivity contribution in [2.24, 2.45) is 0 Å². The Kier molecular flexibility index (Phi) is 7.19. The van der Waals surface area contributed by atoms with Gasteiger partial charge in [-0.1, -0.05) is 36.3 Å². The molecule has 4 rings (SSSR count). The fourth-order valence-corrected chi connectivity index (χ4v) is 4.38. The van der Waals surface area contributed by atoms with Gasteiger partial charge in [0.2, 0.25) is 5.89 Å². The van der Waals surface area contributed by atoms with Crippen LogP contribution in [0.3, 0.4) is 0 Å². The van der Waals surface area contributed by atoms with Gasteiger partial charge in [-0.15, -0.1) is 0 Å². The van der Waals surface area contributed by atoms with Gasteiger partial charge in [-0.3, -0.25) is 0 Å². The van der Waals surface area contributed by atoms with Gasteiger partial charge in [0, 0.05) is 45.6 Å². The van der Waals surface area contributed by atoms with E-state index < -0.39 is 0 Å². The minimum absolute atomic E-state index is 0.0124. The van der Waals surface area contributed by atoms with Crippen molar-refractivity contribution in [1.82, 2.24) is 19.9 Å². The summed E-state index contributed by atoms with van der Waals surface area (Å²) in [4.78, 5) is 21.7. The maximum absolute atomic E-state index is 13.3. The number of rotatable bonds is 6. The van der Waals surface area contributed by atoms with Crippen LogP contribution in [0, 0.1) is 0 Å². The SMILES string of the molecule is CCc1ccc([C@@H]2C[C@H](c3nc(CCOC)no3)CN(C(=O)N3CCOCC3)C2)cc1. The van der Waals surface area contributed by atoms with Crippen molar-refractivity contribution in [2.75, 3.05) is 53.1 Å². The molecule has 0 aliphatic carbocycles. The van der Waals surface area contributed by atoms with E-state index in [2.05, 4.69) is 41.3 Å². The molecule has 2 fully saturated rings. The lowest BCUT2D eigenvalue weighted by molar-refractivity contribution is 0.0392. The summed E-state index contributed by atoms with van der Waals surface area (Å²) in [5.74, 6) is 1.50. The Balaban J connectivity index is 1.55. The first-order chi connectivity index (χ1) is 15.2. The van der Waals surface area contributed by atoms with Crippen LogP contribution in [-0.2, 0) is 22.3 Å². The van der Waals surface area contributed by atoms with E-state index >= 15 is 0 Å². The molecule has 168 valence electrons. The maximum atomic E-state index is 13.3. The Bertz CT molecular complexity index is 848. The highest BCUT2D eigenvalue weighted by atomic mass is 16.5. The first-order valence-electron chi connectivity index (χ1n) is 11.2. The summed E-state index contributed by atoms with van der Waals surface area (Å²) >= 11 is 0. The number of piperidine rings is 1. The van der Waals surface area contributed by atoms with Crippen LogP contribution in [0.25, 0.3) is 0 Å². The summed E-state index contributed by atoms with van der Waals surface area (Å²) in [7, 11) is 1.66. The van der Waals surface area contributed by atoms with Crippen LogP contribution >= 0.6 is 0 Å². The lowest BCUT2D eigenvalue weighted by atomic mass is 9.84. The zero-order valence-electron chi connectivity index (χ0n) is 18.5. The van der Waals surface area contributed by atoms with Crippen molar-refractivity contribution >= 4 is 6.03 Å². The van der Waals surface area contributed by atoms with E-state index in [4.69, 9.17) is 14.0 Å². The Hall–Kier alpha value is -2.45. The van der Waals surface area contributed by atoms with Crippen LogP contribution in [0.15, 0.2) is 28.8 Å². The van der Waals surface area contributed by atoms with Gasteiger partial charge in [0.1, 0.15) is 0 Å². The number of benzene rings is 1. The van der Waals surface area contributed by atoms with Gasteiger partial charge in [-0.25, -0.2) is 4.79 Å². The van der Waals surface area contributed by atoms with Gasteiger partial charge in [0.25, 0.3) is 0 Å². The van der Waals surface area contributed by atoms with Crippen molar-refractivity contribution in [3.63, 3.8) is 0 Å². The average Bonchev–Trinajstić information content (AvgIpc) is 3.31. The smallest absolute Gasteiger partial charge is 0.320 e. The normalized spacial score (nSPS) is 22.0. The molecule has 0 N–H and O–H groups in total. The number of morpholine rings is 1. The monoisotopic (exact) mass is 428 g/mol. The molecule has 2 aliphatic heterocycles. The number of likely N-dealkylation sites (tertiary alicyclic amines) is 1. The quantitative estimate of drug-likeness (QED) is 0.704. The summed E-state index contributed by atoms with van der Waals surface area (Å²) in [5.41, 5.74) is 2.57. The van der Waals surface area contributed by atoms with E-state index in [-0.39, 0.29) is 17.9 Å². The third kappa shape index (κ3) is 5.25. The molecule has 1 aromatic heterocycles. The van der Waals surface area contributed by atoms with Gasteiger partial charge in [0.15, 0.2) is 5.82 Å². The molecule has 1 aromatic carbocycles. The van der Waals surface area contributed by atoms with Gasteiger partial charge >= 0.3 is 6.03 Å². The van der Waals surface area contributed by atoms with Crippen LogP contribution in [0.5, 0.6) is 0 Å². The third-order valence-electron chi connectivity index (χ3n) is 6.22. The average molecular weight is 429 g/mol. The standard InChI is InChI=1S/C23H32N4O4/c1-3-17-4-6-18(7-5-17)19-14-20(22-24-21(25-31-22)8-11-29-2)16-27(15-19)23(28)26-9-12-30-13-10-26/h4-7,19-20H,3,8-16H2,1-2H3/t19-,20+/m1/s1. The molecular weight excluding hydrogens is 396 g/mol. The number of ether oxygens (including phenoxy) is 2. The van der Waals surface area contributed by atoms with E-state index in [9.17, 15) is 4.79 Å². The summed E-state index contributed by atoms with van der Waals surface area (Å²) < 4.78 is 16.1. The Morgan fingerprint density at radius 2 is 1.87 bits per heavy atom. The number of amides is 2. The molecule has 31 heavy (non-hydrogen) atoms. The summed E-state index contributed by atoms with van der Waals surface area (Å²) in [6, 6.07) is 8.83. The number of urea groups is 1. The molecule has 0 unspecified atom stereocenters. The van der Waals surface area contributed by atoms with Crippen LogP contribution < -0.4 is 0 Å². The molecule has 0 spiro atoms. The topological polar surface area (TPSA) is 80.9 Å². The van der Waals surface area contributed by atoms with E-state index in [1.807, 2.05) is 9.80 Å². The first kappa shape index (κ1) is 21.8. The lowest BCUT2D eigenvalue weighted by Gasteiger charge is -2.40. The number of aromatic nitrogens is 2. The fraction of sp³-hybridized carbons (Fsp3) is 0.609. The van der Waals surface area contributed by atoms with Gasteiger partial charge in [0.05, 0.1) is 25.7 Å². The number of carbonyl (C=O) groups excluding carboxylic acids is 1. The number of methoxy groups -OCH3 is 1. The molecule has 8 heteroatoms. The highest BCUT2D eigenvalue weighted by Gasteiger charge is 2.36. The summed E-state index contributed by atoms with van der Waals surface area (Å²) in [5, 5.41) is 4.11. The lowest BCUT2D eigenvalue weighted by Crippen LogP contribution is -2.52.